The molecule has 4 nitrogen and oxygen atoms in total. The van der Waals surface area contributed by atoms with Crippen molar-refractivity contribution in [2.24, 2.45) is 0 Å². The molecule has 16 heavy (non-hydrogen) atoms. The molecule has 0 amide bonds. The van der Waals surface area contributed by atoms with E-state index in [1.165, 1.54) is 0 Å². The lowest BCUT2D eigenvalue weighted by molar-refractivity contribution is -0.136. The summed E-state index contributed by atoms with van der Waals surface area (Å²) in [4.78, 5) is 10.5. The number of nitrogens with one attached hydrogen (secondary N) is 1. The summed E-state index contributed by atoms with van der Waals surface area (Å²) in [7, 11) is 0. The molecule has 2 rings (SSSR count). The summed E-state index contributed by atoms with van der Waals surface area (Å²) in [5.41, 5.74) is 2.62. The van der Waals surface area contributed by atoms with E-state index in [9.17, 15) is 4.79 Å². The van der Waals surface area contributed by atoms with Crippen molar-refractivity contribution in [3.8, 4) is 0 Å². The smallest absolute Gasteiger partial charge is 0.303 e. The number of rotatable bonds is 3. The van der Waals surface area contributed by atoms with Crippen LogP contribution in [0.5, 0.6) is 0 Å². The Balaban J connectivity index is 2.46. The van der Waals surface area contributed by atoms with Gasteiger partial charge in [0.15, 0.2) is 0 Å². The van der Waals surface area contributed by atoms with Crippen molar-refractivity contribution in [2.45, 2.75) is 19.8 Å². The molecule has 2 N–H and O–H groups in total. The van der Waals surface area contributed by atoms with E-state index in [2.05, 4.69) is 10.2 Å². The van der Waals surface area contributed by atoms with Crippen LogP contribution in [0.4, 0.5) is 0 Å². The first-order valence-electron chi connectivity index (χ1n) is 4.93. The van der Waals surface area contributed by atoms with Crippen molar-refractivity contribution < 1.29 is 9.90 Å². The highest BCUT2D eigenvalue weighted by Crippen LogP contribution is 2.25. The summed E-state index contributed by atoms with van der Waals surface area (Å²) in [6, 6.07) is 3.60. The highest BCUT2D eigenvalue weighted by molar-refractivity contribution is 6.31. The number of aryl methyl sites for hydroxylation is 2. The van der Waals surface area contributed by atoms with Gasteiger partial charge in [0, 0.05) is 22.5 Å². The van der Waals surface area contributed by atoms with Gasteiger partial charge in [-0.2, -0.15) is 5.10 Å². The molecule has 0 unspecified atom stereocenters. The third-order valence-corrected chi connectivity index (χ3v) is 2.72. The number of hydrogen-bond acceptors (Lipinski definition) is 2. The average Bonchev–Trinajstić information content (AvgIpc) is 2.57. The lowest BCUT2D eigenvalue weighted by Crippen LogP contribution is -1.98. The van der Waals surface area contributed by atoms with E-state index in [0.717, 1.165) is 22.2 Å². The number of hydrogen-bond donors (Lipinski definition) is 2. The minimum Gasteiger partial charge on any atom is -0.481 e. The van der Waals surface area contributed by atoms with Crippen molar-refractivity contribution in [2.75, 3.05) is 0 Å². The largest absolute Gasteiger partial charge is 0.481 e. The minimum absolute atomic E-state index is 0.0847. The van der Waals surface area contributed by atoms with Gasteiger partial charge in [-0.15, -0.1) is 0 Å². The number of benzene rings is 1. The lowest BCUT2D eigenvalue weighted by Gasteiger charge is -2.01. The summed E-state index contributed by atoms with van der Waals surface area (Å²) in [5, 5.41) is 17.3. The topological polar surface area (TPSA) is 66.0 Å². The van der Waals surface area contributed by atoms with Gasteiger partial charge in [-0.25, -0.2) is 0 Å². The molecule has 1 heterocycles. The van der Waals surface area contributed by atoms with Crippen LogP contribution >= 0.6 is 11.6 Å². The summed E-state index contributed by atoms with van der Waals surface area (Å²) in [6.07, 6.45) is 0.526. The van der Waals surface area contributed by atoms with E-state index >= 15 is 0 Å². The number of aliphatic carboxylic acids is 1. The zero-order valence-corrected chi connectivity index (χ0v) is 9.51. The van der Waals surface area contributed by atoms with Crippen molar-refractivity contribution in [3.05, 3.63) is 28.4 Å². The molecule has 0 atom stereocenters. The number of carboxylic acid groups (broad SMARTS) is 1. The molecule has 0 saturated heterocycles. The van der Waals surface area contributed by atoms with Gasteiger partial charge in [0.05, 0.1) is 5.52 Å². The van der Waals surface area contributed by atoms with Gasteiger partial charge in [0.2, 0.25) is 0 Å². The quantitative estimate of drug-likeness (QED) is 0.864. The van der Waals surface area contributed by atoms with Gasteiger partial charge in [0.1, 0.15) is 0 Å². The van der Waals surface area contributed by atoms with E-state index in [0.29, 0.717) is 11.4 Å². The normalized spacial score (nSPS) is 10.9. The highest BCUT2D eigenvalue weighted by Gasteiger charge is 2.09. The Bertz CT molecular complexity index is 548. The van der Waals surface area contributed by atoms with Gasteiger partial charge < -0.3 is 5.11 Å². The second kappa shape index (κ2) is 4.14. The average molecular weight is 239 g/mol. The van der Waals surface area contributed by atoms with Crippen molar-refractivity contribution >= 4 is 28.5 Å². The fraction of sp³-hybridized carbons (Fsp3) is 0.273. The molecule has 2 aromatic rings. The Morgan fingerprint density at radius 1 is 1.56 bits per heavy atom. The van der Waals surface area contributed by atoms with Crippen LogP contribution in [-0.2, 0) is 11.2 Å². The predicted molar refractivity (Wildman–Crippen MR) is 61.8 cm³/mol. The molecule has 1 aromatic carbocycles. The van der Waals surface area contributed by atoms with Crippen LogP contribution < -0.4 is 0 Å². The second-order valence-electron chi connectivity index (χ2n) is 3.70. The van der Waals surface area contributed by atoms with Crippen molar-refractivity contribution in [1.82, 2.24) is 10.2 Å². The first-order valence-corrected chi connectivity index (χ1v) is 5.30. The van der Waals surface area contributed by atoms with Crippen LogP contribution in [0.3, 0.4) is 0 Å². The zero-order chi connectivity index (χ0) is 11.7. The predicted octanol–water partition coefficient (Wildman–Crippen LogP) is 2.54. The molecular formula is C11H11ClN2O2. The van der Waals surface area contributed by atoms with Gasteiger partial charge >= 0.3 is 5.97 Å². The SMILES string of the molecule is Cc1[nH]nc2c(CCC(=O)O)cc(Cl)cc12. The Morgan fingerprint density at radius 3 is 3.00 bits per heavy atom. The number of aromatic nitrogens is 2. The van der Waals surface area contributed by atoms with Gasteiger partial charge in [-0.1, -0.05) is 11.6 Å². The van der Waals surface area contributed by atoms with Gasteiger partial charge in [0.25, 0.3) is 0 Å². The minimum atomic E-state index is -0.819. The summed E-state index contributed by atoms with van der Waals surface area (Å²) in [5.74, 6) is -0.819. The fourth-order valence-corrected chi connectivity index (χ4v) is 1.95. The molecule has 5 heteroatoms. The van der Waals surface area contributed by atoms with Gasteiger partial charge in [-0.3, -0.25) is 9.89 Å². The summed E-state index contributed by atoms with van der Waals surface area (Å²) >= 11 is 5.98. The van der Waals surface area contributed by atoms with E-state index in [-0.39, 0.29) is 6.42 Å². The third kappa shape index (κ3) is 2.02. The number of nitrogens with zero attached hydrogens (tertiary/aromatic N) is 1. The van der Waals surface area contributed by atoms with Crippen molar-refractivity contribution in [1.29, 1.82) is 0 Å². The maximum atomic E-state index is 10.5. The molecule has 0 aliphatic heterocycles. The van der Waals surface area contributed by atoms with E-state index < -0.39 is 5.97 Å². The third-order valence-electron chi connectivity index (χ3n) is 2.50. The second-order valence-corrected chi connectivity index (χ2v) is 4.14. The van der Waals surface area contributed by atoms with E-state index in [4.69, 9.17) is 16.7 Å². The molecular weight excluding hydrogens is 228 g/mol. The first kappa shape index (κ1) is 11.0. The number of aromatic amines is 1. The molecule has 0 fully saturated rings. The number of carbonyl (C=O) groups is 1. The highest BCUT2D eigenvalue weighted by atomic mass is 35.5. The monoisotopic (exact) mass is 238 g/mol. The van der Waals surface area contributed by atoms with Crippen LogP contribution in [0.15, 0.2) is 12.1 Å². The lowest BCUT2D eigenvalue weighted by atomic mass is 10.1. The molecule has 1 aromatic heterocycles. The van der Waals surface area contributed by atoms with Crippen LogP contribution in [0.25, 0.3) is 10.9 Å². The molecule has 0 aliphatic rings. The number of carboxylic acids is 1. The Hall–Kier alpha value is -1.55. The fourth-order valence-electron chi connectivity index (χ4n) is 1.71. The first-order chi connectivity index (χ1) is 7.58. The van der Waals surface area contributed by atoms with Crippen LogP contribution in [0, 0.1) is 6.92 Å². The number of H-pyrrole nitrogens is 1. The molecule has 0 spiro atoms. The standard InChI is InChI=1S/C11H11ClN2O2/c1-6-9-5-8(12)4-7(2-3-10(15)16)11(9)14-13-6/h4-5H,2-3H2,1H3,(H,13,14)(H,15,16). The molecule has 0 saturated carbocycles. The van der Waals surface area contributed by atoms with Gasteiger partial charge in [-0.05, 0) is 31.0 Å². The van der Waals surface area contributed by atoms with E-state index in [1.807, 2.05) is 13.0 Å². The van der Waals surface area contributed by atoms with Crippen LogP contribution in [0.1, 0.15) is 17.7 Å². The zero-order valence-electron chi connectivity index (χ0n) is 8.75. The molecule has 0 radical (unpaired) electrons. The van der Waals surface area contributed by atoms with Crippen LogP contribution in [0.2, 0.25) is 5.02 Å². The Morgan fingerprint density at radius 2 is 2.31 bits per heavy atom. The number of fused-ring (bicyclic) bond motifs is 1. The molecule has 84 valence electrons. The molecule has 0 bridgehead atoms. The summed E-state index contributed by atoms with van der Waals surface area (Å²) < 4.78 is 0. The maximum Gasteiger partial charge on any atom is 0.303 e. The van der Waals surface area contributed by atoms with E-state index in [1.54, 1.807) is 6.07 Å². The Labute approximate surface area is 97.2 Å². The molecule has 0 aliphatic carbocycles. The maximum absolute atomic E-state index is 10.5. The number of halogens is 1. The summed E-state index contributed by atoms with van der Waals surface area (Å²) in [6.45, 7) is 1.91. The Kier molecular flexibility index (Phi) is 2.83. The van der Waals surface area contributed by atoms with Crippen LogP contribution in [-0.4, -0.2) is 21.3 Å². The van der Waals surface area contributed by atoms with Crippen molar-refractivity contribution in [3.63, 3.8) is 0 Å².